The second-order valence-electron chi connectivity index (χ2n) is 4.45. The first-order valence-corrected chi connectivity index (χ1v) is 7.88. The zero-order valence-electron chi connectivity index (χ0n) is 11.2. The molecular formula is C14H14N4S2. The van der Waals surface area contributed by atoms with E-state index in [0.29, 0.717) is 5.95 Å². The predicted molar refractivity (Wildman–Crippen MR) is 84.0 cm³/mol. The number of anilines is 2. The lowest BCUT2D eigenvalue weighted by Gasteiger charge is -2.01. The molecule has 0 unspecified atom stereocenters. The third-order valence-corrected chi connectivity index (χ3v) is 5.01. The van der Waals surface area contributed by atoms with Crippen molar-refractivity contribution in [2.45, 2.75) is 23.2 Å². The number of benzene rings is 1. The van der Waals surface area contributed by atoms with Gasteiger partial charge in [-0.1, -0.05) is 17.7 Å². The van der Waals surface area contributed by atoms with E-state index in [4.69, 9.17) is 0 Å². The van der Waals surface area contributed by atoms with Crippen molar-refractivity contribution >= 4 is 34.7 Å². The van der Waals surface area contributed by atoms with E-state index in [9.17, 15) is 0 Å². The van der Waals surface area contributed by atoms with Gasteiger partial charge in [-0.15, -0.1) is 16.4 Å². The fourth-order valence-corrected chi connectivity index (χ4v) is 3.54. The van der Waals surface area contributed by atoms with Crippen LogP contribution >= 0.6 is 23.1 Å². The Kier molecular flexibility index (Phi) is 3.75. The first kappa shape index (κ1) is 13.2. The van der Waals surface area contributed by atoms with Crippen molar-refractivity contribution in [2.75, 3.05) is 5.32 Å². The number of aromatic nitrogens is 3. The maximum absolute atomic E-state index is 4.44. The Hall–Kier alpha value is -1.79. The van der Waals surface area contributed by atoms with Gasteiger partial charge in [0.2, 0.25) is 5.95 Å². The summed E-state index contributed by atoms with van der Waals surface area (Å²) in [7, 11) is 0. The summed E-state index contributed by atoms with van der Waals surface area (Å²) in [5.74, 6) is 0.588. The van der Waals surface area contributed by atoms with Crippen LogP contribution in [-0.4, -0.2) is 15.2 Å². The number of thiophene rings is 1. The molecule has 0 spiro atoms. The summed E-state index contributed by atoms with van der Waals surface area (Å²) in [6.45, 7) is 4.16. The van der Waals surface area contributed by atoms with Crippen molar-refractivity contribution in [3.8, 4) is 0 Å². The minimum atomic E-state index is 0.588. The number of aryl methyl sites for hydroxylation is 2. The van der Waals surface area contributed by atoms with Crippen LogP contribution in [0.3, 0.4) is 0 Å². The van der Waals surface area contributed by atoms with Crippen molar-refractivity contribution in [1.29, 1.82) is 0 Å². The van der Waals surface area contributed by atoms with Crippen LogP contribution in [0.5, 0.6) is 0 Å². The van der Waals surface area contributed by atoms with E-state index in [1.54, 1.807) is 23.1 Å². The van der Waals surface area contributed by atoms with Crippen molar-refractivity contribution in [2.24, 2.45) is 0 Å². The number of H-pyrrole nitrogens is 1. The lowest BCUT2D eigenvalue weighted by molar-refractivity contribution is 0.974. The Morgan fingerprint density at radius 2 is 1.95 bits per heavy atom. The molecule has 1 aromatic carbocycles. The molecule has 0 aliphatic rings. The molecule has 0 bridgehead atoms. The van der Waals surface area contributed by atoms with E-state index in [0.717, 1.165) is 10.8 Å². The summed E-state index contributed by atoms with van der Waals surface area (Å²) < 4.78 is 1.24. The van der Waals surface area contributed by atoms with E-state index < -0.39 is 0 Å². The third kappa shape index (κ3) is 3.02. The second kappa shape index (κ2) is 5.68. The number of hydrogen-bond acceptors (Lipinski definition) is 5. The van der Waals surface area contributed by atoms with Gasteiger partial charge in [0.05, 0.1) is 4.21 Å². The number of nitrogens with one attached hydrogen (secondary N) is 2. The molecule has 3 rings (SSSR count). The van der Waals surface area contributed by atoms with E-state index in [1.807, 2.05) is 12.1 Å². The van der Waals surface area contributed by atoms with E-state index in [-0.39, 0.29) is 0 Å². The Labute approximate surface area is 125 Å². The van der Waals surface area contributed by atoms with E-state index >= 15 is 0 Å². The van der Waals surface area contributed by atoms with Crippen LogP contribution in [0.4, 0.5) is 11.6 Å². The Morgan fingerprint density at radius 3 is 2.65 bits per heavy atom. The third-order valence-electron chi connectivity index (χ3n) is 2.78. The van der Waals surface area contributed by atoms with Crippen LogP contribution in [0.25, 0.3) is 0 Å². The van der Waals surface area contributed by atoms with Gasteiger partial charge in [0, 0.05) is 5.69 Å². The number of aromatic amines is 1. The van der Waals surface area contributed by atoms with Crippen LogP contribution in [-0.2, 0) is 0 Å². The molecule has 102 valence electrons. The van der Waals surface area contributed by atoms with Crippen molar-refractivity contribution in [3.63, 3.8) is 0 Å². The van der Waals surface area contributed by atoms with Gasteiger partial charge in [-0.3, -0.25) is 5.10 Å². The summed E-state index contributed by atoms with van der Waals surface area (Å²) in [5.41, 5.74) is 3.48. The summed E-state index contributed by atoms with van der Waals surface area (Å²) in [4.78, 5) is 4.44. The number of hydrogen-bond donors (Lipinski definition) is 2. The molecule has 6 heteroatoms. The van der Waals surface area contributed by atoms with E-state index in [1.165, 1.54) is 15.3 Å². The van der Waals surface area contributed by atoms with Gasteiger partial charge in [-0.2, -0.15) is 4.98 Å². The molecule has 2 aromatic heterocycles. The molecule has 0 amide bonds. The number of nitrogens with zero attached hydrogens (tertiary/aromatic N) is 2. The average molecular weight is 302 g/mol. The standard InChI is InChI=1S/C14H14N4S2/c1-9-3-5-11(6-4-9)15-13-16-14(18-17-13)20-12-10(2)7-8-19-12/h3-8H,1-2H3,(H2,15,16,17,18). The SMILES string of the molecule is Cc1ccc(Nc2n[nH]c(Sc3sccc3C)n2)cc1. The molecule has 0 radical (unpaired) electrons. The Bertz CT molecular complexity index is 700. The van der Waals surface area contributed by atoms with Crippen molar-refractivity contribution < 1.29 is 0 Å². The molecule has 0 saturated carbocycles. The van der Waals surface area contributed by atoms with Crippen molar-refractivity contribution in [1.82, 2.24) is 15.2 Å². The molecule has 0 aliphatic carbocycles. The average Bonchev–Trinajstić information content (AvgIpc) is 3.03. The van der Waals surface area contributed by atoms with Gasteiger partial charge >= 0.3 is 0 Å². The summed E-state index contributed by atoms with van der Waals surface area (Å²) in [5, 5.41) is 13.2. The molecule has 2 N–H and O–H groups in total. The van der Waals surface area contributed by atoms with Crippen LogP contribution in [0.15, 0.2) is 45.1 Å². The van der Waals surface area contributed by atoms with E-state index in [2.05, 4.69) is 57.9 Å². The molecule has 20 heavy (non-hydrogen) atoms. The van der Waals surface area contributed by atoms with Crippen LogP contribution in [0.1, 0.15) is 11.1 Å². The molecule has 0 atom stereocenters. The highest BCUT2D eigenvalue weighted by molar-refractivity contribution is 8.01. The highest BCUT2D eigenvalue weighted by atomic mass is 32.2. The van der Waals surface area contributed by atoms with Gasteiger partial charge < -0.3 is 5.32 Å². The normalized spacial score (nSPS) is 10.7. The van der Waals surface area contributed by atoms with Gasteiger partial charge in [0.15, 0.2) is 5.16 Å². The zero-order chi connectivity index (χ0) is 13.9. The van der Waals surface area contributed by atoms with Crippen LogP contribution in [0.2, 0.25) is 0 Å². The number of rotatable bonds is 4. The van der Waals surface area contributed by atoms with Crippen LogP contribution in [0, 0.1) is 13.8 Å². The predicted octanol–water partition coefficient (Wildman–Crippen LogP) is 4.38. The van der Waals surface area contributed by atoms with Gasteiger partial charge in [0.25, 0.3) is 0 Å². The van der Waals surface area contributed by atoms with Gasteiger partial charge in [-0.25, -0.2) is 0 Å². The van der Waals surface area contributed by atoms with Crippen molar-refractivity contribution in [3.05, 3.63) is 46.8 Å². The molecule has 0 fully saturated rings. The summed E-state index contributed by atoms with van der Waals surface area (Å²) >= 11 is 3.32. The van der Waals surface area contributed by atoms with Crippen LogP contribution < -0.4 is 5.32 Å². The molecule has 0 aliphatic heterocycles. The first-order chi connectivity index (χ1) is 9.70. The molecular weight excluding hydrogens is 288 g/mol. The largest absolute Gasteiger partial charge is 0.323 e. The second-order valence-corrected chi connectivity index (χ2v) is 6.62. The fraction of sp³-hybridized carbons (Fsp3) is 0.143. The lowest BCUT2D eigenvalue weighted by Crippen LogP contribution is -1.92. The minimum absolute atomic E-state index is 0.588. The highest BCUT2D eigenvalue weighted by Crippen LogP contribution is 2.32. The van der Waals surface area contributed by atoms with Gasteiger partial charge in [-0.05, 0) is 54.8 Å². The summed E-state index contributed by atoms with van der Waals surface area (Å²) in [6, 6.07) is 10.2. The maximum atomic E-state index is 4.44. The smallest absolute Gasteiger partial charge is 0.247 e. The maximum Gasteiger partial charge on any atom is 0.247 e. The topological polar surface area (TPSA) is 53.6 Å². The Morgan fingerprint density at radius 1 is 1.15 bits per heavy atom. The highest BCUT2D eigenvalue weighted by Gasteiger charge is 2.08. The molecule has 3 aromatic rings. The lowest BCUT2D eigenvalue weighted by atomic mass is 10.2. The molecule has 0 saturated heterocycles. The van der Waals surface area contributed by atoms with Gasteiger partial charge in [0.1, 0.15) is 0 Å². The minimum Gasteiger partial charge on any atom is -0.323 e. The quantitative estimate of drug-likeness (QED) is 0.751. The Balaban J connectivity index is 1.70. The first-order valence-electron chi connectivity index (χ1n) is 6.19. The molecule has 2 heterocycles. The fourth-order valence-electron chi connectivity index (χ4n) is 1.67. The zero-order valence-corrected chi connectivity index (χ0v) is 12.8. The monoisotopic (exact) mass is 302 g/mol. The summed E-state index contributed by atoms with van der Waals surface area (Å²) in [6.07, 6.45) is 0. The molecule has 4 nitrogen and oxygen atoms in total.